The first kappa shape index (κ1) is 33.8. The van der Waals surface area contributed by atoms with Crippen LogP contribution < -0.4 is 14.8 Å². The molecule has 0 bridgehead atoms. The lowest BCUT2D eigenvalue weighted by Gasteiger charge is -2.32. The largest absolute Gasteiger partial charge is 0.544 e. The fourth-order valence-corrected chi connectivity index (χ4v) is 11.8. The van der Waals surface area contributed by atoms with Crippen LogP contribution in [-0.2, 0) is 28.0 Å². The van der Waals surface area contributed by atoms with Crippen molar-refractivity contribution < 1.29 is 55.3 Å². The molecule has 0 aliphatic carbocycles. The normalized spacial score (nSPS) is 13.7. The number of hydrogen-bond acceptors (Lipinski definition) is 7. The third-order valence-corrected chi connectivity index (χ3v) is 13.6. The van der Waals surface area contributed by atoms with E-state index in [9.17, 15) is 43.2 Å². The van der Waals surface area contributed by atoms with Crippen molar-refractivity contribution in [3.05, 3.63) is 77.9 Å². The number of benzene rings is 3. The molecule has 0 saturated heterocycles. The number of halogens is 6. The summed E-state index contributed by atoms with van der Waals surface area (Å²) in [5, 5.41) is -1.26. The molecule has 0 atom stereocenters. The highest BCUT2D eigenvalue weighted by molar-refractivity contribution is 7.90. The first-order chi connectivity index (χ1) is 19.0. The summed E-state index contributed by atoms with van der Waals surface area (Å²) in [6.07, 6.45) is 0. The number of aryl methyl sites for hydroxylation is 2. The topological polar surface area (TPSA) is 96.0 Å². The highest BCUT2D eigenvalue weighted by atomic mass is 32.2. The van der Waals surface area contributed by atoms with Crippen molar-refractivity contribution in [2.24, 2.45) is 0 Å². The summed E-state index contributed by atoms with van der Waals surface area (Å²) in [6.45, 7) is 8.14. The van der Waals surface area contributed by atoms with E-state index in [2.05, 4.69) is 7.74 Å². The maximum atomic E-state index is 13.6. The fraction of sp³-hybridized carbons (Fsp3) is 0.280. The Morgan fingerprint density at radius 1 is 0.667 bits per heavy atom. The molecule has 0 fully saturated rings. The monoisotopic (exact) mass is 672 g/mol. The molecule has 0 amide bonds. The molecule has 0 spiro atoms. The molecule has 0 radical (unpaired) electrons. The van der Waals surface area contributed by atoms with Crippen molar-refractivity contribution in [1.82, 2.24) is 0 Å². The molecule has 3 aromatic carbocycles. The minimum atomic E-state index is -6.72. The van der Waals surface area contributed by atoms with E-state index in [0.717, 1.165) is 30.3 Å². The summed E-state index contributed by atoms with van der Waals surface area (Å²) in [6, 6.07) is 15.1. The van der Waals surface area contributed by atoms with Gasteiger partial charge in [-0.05, 0) is 67.9 Å². The van der Waals surface area contributed by atoms with Crippen molar-refractivity contribution in [2.75, 3.05) is 0 Å². The van der Waals surface area contributed by atoms with Crippen LogP contribution in [0.3, 0.4) is 0 Å². The number of alkyl halides is 6. The van der Waals surface area contributed by atoms with Crippen LogP contribution in [0.5, 0.6) is 5.75 Å². The second kappa shape index (κ2) is 11.4. The van der Waals surface area contributed by atoms with Crippen LogP contribution in [0.1, 0.15) is 11.1 Å². The van der Waals surface area contributed by atoms with E-state index < -0.39 is 58.5 Å². The lowest BCUT2D eigenvalue weighted by atomic mass is 9.98. The summed E-state index contributed by atoms with van der Waals surface area (Å²) in [7, 11) is -21.7. The van der Waals surface area contributed by atoms with Crippen LogP contribution in [0.15, 0.2) is 66.7 Å². The maximum absolute atomic E-state index is 13.6. The predicted molar refractivity (Wildman–Crippen MR) is 149 cm³/mol. The van der Waals surface area contributed by atoms with Gasteiger partial charge in [0.2, 0.25) is 8.32 Å². The van der Waals surface area contributed by atoms with Crippen LogP contribution in [0.4, 0.5) is 26.3 Å². The smallest absolute Gasteiger partial charge is 0.522 e. The van der Waals surface area contributed by atoms with Crippen molar-refractivity contribution >= 4 is 47.5 Å². The molecule has 0 saturated carbocycles. The van der Waals surface area contributed by atoms with E-state index in [1.165, 1.54) is 19.9 Å². The van der Waals surface area contributed by atoms with Gasteiger partial charge in [0.15, 0.2) is 0 Å². The van der Waals surface area contributed by atoms with Gasteiger partial charge in [0.1, 0.15) is 5.75 Å². The SMILES string of the molecule is Cc1cc([Si](OS(=O)(=O)C(F)(F)F)(OS(=O)(=O)C(F)(F)F)c2ccc(O[Si](C)(C)C)cc2)c(C)cc1-c1ccccc1. The first-order valence-electron chi connectivity index (χ1n) is 12.0. The van der Waals surface area contributed by atoms with Crippen LogP contribution in [0.25, 0.3) is 11.1 Å². The zero-order chi connectivity index (χ0) is 31.9. The Morgan fingerprint density at radius 2 is 1.14 bits per heavy atom. The standard InChI is InChI=1S/C25H26F6O7S2Si2/c1-17-16-23(18(2)15-22(17)19-9-7-6-8-10-19)42(37-39(32,33)24(26,27)28,38-40(34,35)25(29,30)31)21-13-11-20(12-14-21)36-41(3,4)5/h6-16H,1-5H3. The highest BCUT2D eigenvalue weighted by Gasteiger charge is 2.62. The lowest BCUT2D eigenvalue weighted by molar-refractivity contribution is -0.0527. The van der Waals surface area contributed by atoms with Crippen molar-refractivity contribution in [2.45, 2.75) is 44.5 Å². The summed E-state index contributed by atoms with van der Waals surface area (Å²) in [5.74, 6) is 0.158. The molecule has 42 heavy (non-hydrogen) atoms. The summed E-state index contributed by atoms with van der Waals surface area (Å²) < 4.78 is 146. The Hall–Kier alpha value is -2.71. The van der Waals surface area contributed by atoms with Gasteiger partial charge in [0.25, 0.3) is 0 Å². The van der Waals surface area contributed by atoms with E-state index in [0.29, 0.717) is 11.1 Å². The molecule has 0 aliphatic heterocycles. The Morgan fingerprint density at radius 3 is 1.57 bits per heavy atom. The van der Waals surface area contributed by atoms with Crippen molar-refractivity contribution in [3.63, 3.8) is 0 Å². The quantitative estimate of drug-likeness (QED) is 0.169. The average molecular weight is 673 g/mol. The maximum Gasteiger partial charge on any atom is 0.522 e. The summed E-state index contributed by atoms with van der Waals surface area (Å²) in [5.41, 5.74) is -11.0. The van der Waals surface area contributed by atoms with Crippen LogP contribution in [0.2, 0.25) is 19.6 Å². The molecule has 3 aromatic rings. The zero-order valence-corrected chi connectivity index (χ0v) is 26.4. The number of rotatable bonds is 9. The van der Waals surface area contributed by atoms with Gasteiger partial charge in [-0.2, -0.15) is 43.2 Å². The Kier molecular flexibility index (Phi) is 9.19. The molecule has 7 nitrogen and oxygen atoms in total. The Labute approximate surface area is 241 Å². The van der Waals surface area contributed by atoms with Gasteiger partial charge in [-0.1, -0.05) is 54.6 Å². The fourth-order valence-electron chi connectivity index (χ4n) is 3.95. The third kappa shape index (κ3) is 7.25. The summed E-state index contributed by atoms with van der Waals surface area (Å²) >= 11 is 0. The Bertz CT molecular complexity index is 1610. The molecule has 3 rings (SSSR count). The molecule has 0 aliphatic rings. The van der Waals surface area contributed by atoms with Gasteiger partial charge in [-0.15, -0.1) is 0 Å². The minimum Gasteiger partial charge on any atom is -0.544 e. The molecule has 0 N–H and O–H groups in total. The predicted octanol–water partition coefficient (Wildman–Crippen LogP) is 5.47. The molecule has 0 unspecified atom stereocenters. The number of hydrogen-bond donors (Lipinski definition) is 0. The molecule has 0 aromatic heterocycles. The van der Waals surface area contributed by atoms with Crippen LogP contribution in [-0.4, -0.2) is 44.7 Å². The van der Waals surface area contributed by atoms with Gasteiger partial charge < -0.3 is 4.43 Å². The molecular formula is C25H26F6O7S2Si2. The van der Waals surface area contributed by atoms with Crippen LogP contribution in [0, 0.1) is 13.8 Å². The van der Waals surface area contributed by atoms with E-state index in [1.807, 2.05) is 0 Å². The van der Waals surface area contributed by atoms with E-state index in [4.69, 9.17) is 4.43 Å². The van der Waals surface area contributed by atoms with Gasteiger partial charge >= 0.3 is 39.8 Å². The molecule has 17 heteroatoms. The molecule has 230 valence electrons. The summed E-state index contributed by atoms with van der Waals surface area (Å²) in [4.78, 5) is 0. The van der Waals surface area contributed by atoms with Gasteiger partial charge in [0.05, 0.1) is 0 Å². The minimum absolute atomic E-state index is 0.0803. The van der Waals surface area contributed by atoms with Gasteiger partial charge in [-0.3, -0.25) is 7.74 Å². The molecule has 0 heterocycles. The second-order valence-electron chi connectivity index (χ2n) is 10.2. The average Bonchev–Trinajstić information content (AvgIpc) is 2.83. The molecular weight excluding hydrogens is 647 g/mol. The third-order valence-electron chi connectivity index (χ3n) is 5.69. The van der Waals surface area contributed by atoms with E-state index >= 15 is 0 Å². The zero-order valence-electron chi connectivity index (χ0n) is 22.8. The van der Waals surface area contributed by atoms with Crippen molar-refractivity contribution in [3.8, 4) is 16.9 Å². The van der Waals surface area contributed by atoms with Crippen molar-refractivity contribution in [1.29, 1.82) is 0 Å². The lowest BCUT2D eigenvalue weighted by Crippen LogP contribution is -2.67. The first-order valence-corrected chi connectivity index (χ1v) is 20.0. The van der Waals surface area contributed by atoms with Gasteiger partial charge in [0, 0.05) is 10.4 Å². The van der Waals surface area contributed by atoms with Crippen LogP contribution >= 0.6 is 0 Å². The van der Waals surface area contributed by atoms with E-state index in [1.54, 1.807) is 50.0 Å². The van der Waals surface area contributed by atoms with Gasteiger partial charge in [-0.25, -0.2) is 0 Å². The second-order valence-corrected chi connectivity index (χ2v) is 21.0. The van der Waals surface area contributed by atoms with E-state index in [-0.39, 0.29) is 16.9 Å². The Balaban J connectivity index is 2.44. The highest BCUT2D eigenvalue weighted by Crippen LogP contribution is 2.34.